The highest BCUT2D eigenvalue weighted by Crippen LogP contribution is 2.29. The van der Waals surface area contributed by atoms with Gasteiger partial charge in [0.2, 0.25) is 10.0 Å². The van der Waals surface area contributed by atoms with Gasteiger partial charge in [0, 0.05) is 15.6 Å². The SMILES string of the molecule is CNS(=O)(=O)c1ccccc1-c1ccc2nc(C=Cc3ccc(Cl)cc3Cl)[nH]c2c1. The van der Waals surface area contributed by atoms with Gasteiger partial charge in [-0.15, -0.1) is 0 Å². The van der Waals surface area contributed by atoms with Crippen LogP contribution in [0.5, 0.6) is 0 Å². The fourth-order valence-electron chi connectivity index (χ4n) is 3.13. The molecule has 0 atom stereocenters. The smallest absolute Gasteiger partial charge is 0.240 e. The lowest BCUT2D eigenvalue weighted by atomic mass is 10.1. The number of sulfonamides is 1. The molecule has 0 saturated heterocycles. The van der Waals surface area contributed by atoms with Crippen LogP contribution in [0.25, 0.3) is 34.3 Å². The number of benzene rings is 3. The summed E-state index contributed by atoms with van der Waals surface area (Å²) in [4.78, 5) is 8.03. The molecule has 0 unspecified atom stereocenters. The number of nitrogens with zero attached hydrogens (tertiary/aromatic N) is 1. The molecule has 1 aromatic heterocycles. The van der Waals surface area contributed by atoms with Crippen molar-refractivity contribution in [3.63, 3.8) is 0 Å². The van der Waals surface area contributed by atoms with Gasteiger partial charge in [-0.05, 0) is 60.7 Å². The zero-order chi connectivity index (χ0) is 21.3. The Morgan fingerprint density at radius 2 is 1.80 bits per heavy atom. The van der Waals surface area contributed by atoms with E-state index in [2.05, 4.69) is 14.7 Å². The highest BCUT2D eigenvalue weighted by Gasteiger charge is 2.17. The molecule has 0 bridgehead atoms. The quantitative estimate of drug-likeness (QED) is 0.408. The van der Waals surface area contributed by atoms with Crippen molar-refractivity contribution in [3.05, 3.63) is 82.1 Å². The molecule has 30 heavy (non-hydrogen) atoms. The number of hydrogen-bond acceptors (Lipinski definition) is 3. The molecule has 0 radical (unpaired) electrons. The van der Waals surface area contributed by atoms with Gasteiger partial charge in [0.05, 0.1) is 15.9 Å². The highest BCUT2D eigenvalue weighted by atomic mass is 35.5. The molecular formula is C22H17Cl2N3O2S. The van der Waals surface area contributed by atoms with Crippen molar-refractivity contribution in [3.8, 4) is 11.1 Å². The Labute approximate surface area is 184 Å². The Bertz CT molecular complexity index is 1380. The topological polar surface area (TPSA) is 74.8 Å². The Morgan fingerprint density at radius 1 is 1.00 bits per heavy atom. The van der Waals surface area contributed by atoms with Crippen LogP contribution in [-0.2, 0) is 10.0 Å². The zero-order valence-corrected chi connectivity index (χ0v) is 18.2. The van der Waals surface area contributed by atoms with E-state index in [1.807, 2.05) is 42.5 Å². The maximum atomic E-state index is 12.4. The number of hydrogen-bond donors (Lipinski definition) is 2. The van der Waals surface area contributed by atoms with Crippen molar-refractivity contribution >= 4 is 56.4 Å². The van der Waals surface area contributed by atoms with Gasteiger partial charge >= 0.3 is 0 Å². The summed E-state index contributed by atoms with van der Waals surface area (Å²) in [6.45, 7) is 0. The van der Waals surface area contributed by atoms with Crippen LogP contribution in [0.2, 0.25) is 10.0 Å². The number of imidazole rings is 1. The average Bonchev–Trinajstić information content (AvgIpc) is 3.15. The number of H-pyrrole nitrogens is 1. The third-order valence-corrected chi connectivity index (χ3v) is 6.67. The van der Waals surface area contributed by atoms with E-state index < -0.39 is 10.0 Å². The summed E-state index contributed by atoms with van der Waals surface area (Å²) in [5.41, 5.74) is 3.79. The first kappa shape index (κ1) is 20.6. The maximum Gasteiger partial charge on any atom is 0.240 e. The normalized spacial score (nSPS) is 12.1. The fourth-order valence-corrected chi connectivity index (χ4v) is 4.56. The van der Waals surface area contributed by atoms with Crippen molar-refractivity contribution in [2.24, 2.45) is 0 Å². The van der Waals surface area contributed by atoms with E-state index in [0.717, 1.165) is 22.2 Å². The summed E-state index contributed by atoms with van der Waals surface area (Å²) in [6, 6.07) is 17.8. The maximum absolute atomic E-state index is 12.4. The molecule has 0 aliphatic carbocycles. The van der Waals surface area contributed by atoms with Gasteiger partial charge in [0.1, 0.15) is 5.82 Å². The largest absolute Gasteiger partial charge is 0.338 e. The lowest BCUT2D eigenvalue weighted by Gasteiger charge is -2.09. The van der Waals surface area contributed by atoms with Gasteiger partial charge in [0.15, 0.2) is 0 Å². The minimum absolute atomic E-state index is 0.226. The Hall–Kier alpha value is -2.64. The van der Waals surface area contributed by atoms with Crippen LogP contribution in [0.4, 0.5) is 0 Å². The van der Waals surface area contributed by atoms with Gasteiger partial charge in [-0.1, -0.05) is 53.5 Å². The predicted octanol–water partition coefficient (Wildman–Crippen LogP) is 5.62. The van der Waals surface area contributed by atoms with E-state index in [0.29, 0.717) is 21.4 Å². The van der Waals surface area contributed by atoms with Crippen LogP contribution >= 0.6 is 23.2 Å². The van der Waals surface area contributed by atoms with Crippen molar-refractivity contribution in [2.45, 2.75) is 4.90 Å². The lowest BCUT2D eigenvalue weighted by Crippen LogP contribution is -2.19. The first-order valence-electron chi connectivity index (χ1n) is 9.03. The summed E-state index contributed by atoms with van der Waals surface area (Å²) in [5, 5.41) is 1.13. The molecule has 0 saturated carbocycles. The summed E-state index contributed by atoms with van der Waals surface area (Å²) in [5.74, 6) is 0.657. The Morgan fingerprint density at radius 3 is 2.57 bits per heavy atom. The highest BCUT2D eigenvalue weighted by molar-refractivity contribution is 7.89. The molecule has 0 fully saturated rings. The third kappa shape index (κ3) is 4.13. The number of halogens is 2. The van der Waals surface area contributed by atoms with Crippen molar-refractivity contribution in [1.82, 2.24) is 14.7 Å². The standard InChI is InChI=1S/C22H17Cl2N3O2S/c1-25-30(28,29)21-5-3-2-4-17(21)15-7-10-19-20(12-15)27-22(26-19)11-8-14-6-9-16(23)13-18(14)24/h2-13,25H,1H3,(H,26,27). The molecule has 3 aromatic carbocycles. The van der Waals surface area contributed by atoms with Crippen LogP contribution < -0.4 is 4.72 Å². The van der Waals surface area contributed by atoms with Crippen LogP contribution in [0.15, 0.2) is 65.6 Å². The lowest BCUT2D eigenvalue weighted by molar-refractivity contribution is 0.588. The molecule has 2 N–H and O–H groups in total. The third-order valence-electron chi connectivity index (χ3n) is 4.64. The van der Waals surface area contributed by atoms with Crippen LogP contribution in [0.1, 0.15) is 11.4 Å². The first-order valence-corrected chi connectivity index (χ1v) is 11.3. The van der Waals surface area contributed by atoms with Crippen LogP contribution in [0.3, 0.4) is 0 Å². The van der Waals surface area contributed by atoms with Crippen molar-refractivity contribution in [1.29, 1.82) is 0 Å². The van der Waals surface area contributed by atoms with Crippen LogP contribution in [0, 0.1) is 0 Å². The van der Waals surface area contributed by atoms with Crippen LogP contribution in [-0.4, -0.2) is 25.4 Å². The first-order chi connectivity index (χ1) is 14.4. The second kappa shape index (κ2) is 8.24. The summed E-state index contributed by atoms with van der Waals surface area (Å²) in [7, 11) is -2.18. The number of aromatic amines is 1. The minimum Gasteiger partial charge on any atom is -0.338 e. The van der Waals surface area contributed by atoms with E-state index in [4.69, 9.17) is 23.2 Å². The number of rotatable bonds is 5. The Balaban J connectivity index is 1.71. The Kier molecular flexibility index (Phi) is 5.66. The van der Waals surface area contributed by atoms with E-state index in [1.54, 1.807) is 30.3 Å². The van der Waals surface area contributed by atoms with E-state index in [1.165, 1.54) is 7.05 Å². The monoisotopic (exact) mass is 457 g/mol. The van der Waals surface area contributed by atoms with Crippen molar-refractivity contribution in [2.75, 3.05) is 7.05 Å². The fraction of sp³-hybridized carbons (Fsp3) is 0.0455. The second-order valence-electron chi connectivity index (χ2n) is 6.56. The summed E-state index contributed by atoms with van der Waals surface area (Å²) < 4.78 is 27.1. The van der Waals surface area contributed by atoms with Gasteiger partial charge in [-0.25, -0.2) is 18.1 Å². The van der Waals surface area contributed by atoms with Gasteiger partial charge in [-0.2, -0.15) is 0 Å². The molecule has 152 valence electrons. The van der Waals surface area contributed by atoms with E-state index in [-0.39, 0.29) is 4.90 Å². The molecule has 4 aromatic rings. The van der Waals surface area contributed by atoms with Gasteiger partial charge in [-0.3, -0.25) is 0 Å². The van der Waals surface area contributed by atoms with Gasteiger partial charge < -0.3 is 4.98 Å². The molecule has 0 aliphatic rings. The van der Waals surface area contributed by atoms with E-state index in [9.17, 15) is 8.42 Å². The number of nitrogens with one attached hydrogen (secondary N) is 2. The van der Waals surface area contributed by atoms with E-state index >= 15 is 0 Å². The zero-order valence-electron chi connectivity index (χ0n) is 15.9. The van der Waals surface area contributed by atoms with Gasteiger partial charge in [0.25, 0.3) is 0 Å². The summed E-state index contributed by atoms with van der Waals surface area (Å²) >= 11 is 12.1. The molecule has 0 aliphatic heterocycles. The molecule has 5 nitrogen and oxygen atoms in total. The average molecular weight is 458 g/mol. The molecule has 0 amide bonds. The second-order valence-corrected chi connectivity index (χ2v) is 9.26. The molecule has 1 heterocycles. The molecular weight excluding hydrogens is 441 g/mol. The number of aromatic nitrogens is 2. The number of fused-ring (bicyclic) bond motifs is 1. The minimum atomic E-state index is -3.58. The van der Waals surface area contributed by atoms with Crippen molar-refractivity contribution < 1.29 is 8.42 Å². The molecule has 4 rings (SSSR count). The molecule has 8 heteroatoms. The summed E-state index contributed by atoms with van der Waals surface area (Å²) in [6.07, 6.45) is 3.68. The predicted molar refractivity (Wildman–Crippen MR) is 123 cm³/mol. The molecule has 0 spiro atoms.